The van der Waals surface area contributed by atoms with Crippen LogP contribution in [0.5, 0.6) is 5.75 Å². The van der Waals surface area contributed by atoms with Crippen LogP contribution in [0.3, 0.4) is 0 Å². The molecule has 0 bridgehead atoms. The molecule has 0 radical (unpaired) electrons. The number of nitrogens with zero attached hydrogens (tertiary/aromatic N) is 3. The maximum Gasteiger partial charge on any atom is 0.303 e. The van der Waals surface area contributed by atoms with E-state index >= 15 is 0 Å². The molecule has 0 saturated carbocycles. The highest BCUT2D eigenvalue weighted by Crippen LogP contribution is 2.41. The van der Waals surface area contributed by atoms with Crippen LogP contribution >= 0.6 is 0 Å². The highest BCUT2D eigenvalue weighted by molar-refractivity contribution is 6.90. The minimum atomic E-state index is -2.10. The molecule has 2 aromatic heterocycles. The van der Waals surface area contributed by atoms with Crippen LogP contribution in [0.4, 0.5) is 17.3 Å². The zero-order valence-electron chi connectivity index (χ0n) is 27.6. The first kappa shape index (κ1) is 33.9. The van der Waals surface area contributed by atoms with Crippen LogP contribution in [0.25, 0.3) is 16.7 Å². The Kier molecular flexibility index (Phi) is 10.6. The lowest BCUT2D eigenvalue weighted by atomic mass is 10.1. The van der Waals surface area contributed by atoms with E-state index < -0.39 is 26.6 Å². The molecule has 0 aliphatic rings. The van der Waals surface area contributed by atoms with Gasteiger partial charge < -0.3 is 20.1 Å². The highest BCUT2D eigenvalue weighted by Gasteiger charge is 2.41. The Labute approximate surface area is 270 Å². The smallest absolute Gasteiger partial charge is 0.303 e. The van der Waals surface area contributed by atoms with Crippen LogP contribution in [0.1, 0.15) is 54.0 Å². The van der Waals surface area contributed by atoms with Crippen molar-refractivity contribution in [2.75, 3.05) is 24.4 Å². The molecule has 4 aromatic rings. The number of methoxy groups -OCH3 is 1. The first-order chi connectivity index (χ1) is 21.9. The van der Waals surface area contributed by atoms with Gasteiger partial charge in [0.2, 0.25) is 5.95 Å². The second kappa shape index (κ2) is 14.4. The quantitative estimate of drug-likeness (QED) is 0.113. The van der Waals surface area contributed by atoms with Gasteiger partial charge in [-0.3, -0.25) is 19.0 Å². The van der Waals surface area contributed by atoms with Crippen LogP contribution in [0, 0.1) is 11.5 Å². The van der Waals surface area contributed by atoms with Gasteiger partial charge in [0.05, 0.1) is 23.9 Å². The number of para-hydroxylation sites is 2. The van der Waals surface area contributed by atoms with E-state index in [-0.39, 0.29) is 11.5 Å². The van der Waals surface area contributed by atoms with Crippen LogP contribution in [-0.2, 0) is 14.3 Å². The largest absolute Gasteiger partial charge is 0.495 e. The maximum absolute atomic E-state index is 13.8. The lowest BCUT2D eigenvalue weighted by molar-refractivity contribution is -0.144. The number of fused-ring (bicyclic) bond motifs is 1. The van der Waals surface area contributed by atoms with Crippen molar-refractivity contribution in [3.8, 4) is 22.9 Å². The Balaban J connectivity index is 1.86. The highest BCUT2D eigenvalue weighted by atomic mass is 28.3. The summed E-state index contributed by atoms with van der Waals surface area (Å²) in [6.45, 7) is 14.3. The predicted molar refractivity (Wildman–Crippen MR) is 185 cm³/mol. The second-order valence-electron chi connectivity index (χ2n) is 12.0. The molecule has 0 spiro atoms. The molecule has 2 N–H and O–H groups in total. The van der Waals surface area contributed by atoms with Gasteiger partial charge in [-0.2, -0.15) is 4.98 Å². The van der Waals surface area contributed by atoms with Gasteiger partial charge in [0.15, 0.2) is 12.3 Å². The number of aromatic nitrogens is 3. The molecule has 10 nitrogen and oxygen atoms in total. The average molecular weight is 640 g/mol. The molecule has 2 aromatic carbocycles. The monoisotopic (exact) mass is 639 g/mol. The Morgan fingerprint density at radius 3 is 2.24 bits per heavy atom. The van der Waals surface area contributed by atoms with E-state index in [1.807, 2.05) is 24.3 Å². The fraction of sp³-hybridized carbons (Fsp3) is 0.343. The zero-order valence-corrected chi connectivity index (χ0v) is 28.6. The van der Waals surface area contributed by atoms with Gasteiger partial charge in [-0.15, -0.1) is 5.54 Å². The molecular formula is C35H41N5O5Si. The molecule has 0 saturated heterocycles. The summed E-state index contributed by atoms with van der Waals surface area (Å²) < 4.78 is 11.7. The Morgan fingerprint density at radius 1 is 0.978 bits per heavy atom. The minimum Gasteiger partial charge on any atom is -0.495 e. The van der Waals surface area contributed by atoms with Crippen molar-refractivity contribution in [1.29, 1.82) is 0 Å². The lowest BCUT2D eigenvalue weighted by Gasteiger charge is -2.38. The van der Waals surface area contributed by atoms with Gasteiger partial charge in [-0.05, 0) is 53.0 Å². The van der Waals surface area contributed by atoms with E-state index in [2.05, 4.69) is 68.6 Å². The molecule has 0 aliphatic heterocycles. The van der Waals surface area contributed by atoms with E-state index in [0.29, 0.717) is 56.0 Å². The summed E-state index contributed by atoms with van der Waals surface area (Å²) in [6.07, 6.45) is 1.69. The first-order valence-corrected chi connectivity index (χ1v) is 17.5. The number of hydrogen-bond acceptors (Lipinski definition) is 8. The van der Waals surface area contributed by atoms with Crippen LogP contribution in [-0.4, -0.2) is 48.2 Å². The Hall–Kier alpha value is -4.95. The molecule has 4 rings (SSSR count). The molecule has 2 heterocycles. The van der Waals surface area contributed by atoms with Crippen LogP contribution in [0.15, 0.2) is 65.6 Å². The number of ether oxygens (including phenoxy) is 2. The van der Waals surface area contributed by atoms with E-state index in [9.17, 15) is 14.4 Å². The van der Waals surface area contributed by atoms with Gasteiger partial charge in [0.1, 0.15) is 13.8 Å². The number of benzene rings is 2. The number of rotatable bonds is 10. The van der Waals surface area contributed by atoms with Gasteiger partial charge in [-0.25, -0.2) is 4.98 Å². The summed E-state index contributed by atoms with van der Waals surface area (Å²) in [6, 6.07) is 15.7. The third-order valence-electron chi connectivity index (χ3n) is 8.21. The number of hydrogen-bond donors (Lipinski definition) is 2. The fourth-order valence-electron chi connectivity index (χ4n) is 6.05. The summed E-state index contributed by atoms with van der Waals surface area (Å²) >= 11 is 0. The number of amides is 1. The van der Waals surface area contributed by atoms with E-state index in [0.717, 1.165) is 0 Å². The molecule has 0 fully saturated rings. The Bertz CT molecular complexity index is 1830. The minimum absolute atomic E-state index is 0.278. The third-order valence-corrected chi connectivity index (χ3v) is 14.5. The van der Waals surface area contributed by atoms with Crippen LogP contribution in [0.2, 0.25) is 16.6 Å². The average Bonchev–Trinajstić information content (AvgIpc) is 3.00. The zero-order chi connectivity index (χ0) is 33.6. The third kappa shape index (κ3) is 7.29. The summed E-state index contributed by atoms with van der Waals surface area (Å²) in [5.74, 6) is 3.30. The fourth-order valence-corrected chi connectivity index (χ4v) is 11.3. The van der Waals surface area contributed by atoms with Gasteiger partial charge in [0, 0.05) is 30.4 Å². The van der Waals surface area contributed by atoms with Crippen molar-refractivity contribution >= 4 is 48.3 Å². The lowest BCUT2D eigenvalue weighted by Crippen LogP contribution is -2.43. The molecule has 0 atom stereocenters. The standard InChI is InChI=1S/C35H41N5O5Si/c1-22(2)46(23(3)4,24(5)6)18-17-26-19-33(43)40(28-15-13-27(14-16-28)37-32(42)21-45-25(7)41)34-29(26)20-36-35(39-34)38-30-11-9-10-12-31(30)44-8/h9-16,19-20,22-24H,21H2,1-8H3,(H,37,42)(H,36,38,39). The summed E-state index contributed by atoms with van der Waals surface area (Å²) in [7, 11) is -0.512. The van der Waals surface area contributed by atoms with E-state index in [4.69, 9.17) is 14.5 Å². The molecule has 0 aliphatic carbocycles. The SMILES string of the molecule is COc1ccccc1Nc1ncc2c(C#C[Si](C(C)C)(C(C)C)C(C)C)cc(=O)n(-c3ccc(NC(=O)COC(C)=O)cc3)c2n1. The van der Waals surface area contributed by atoms with E-state index in [1.54, 1.807) is 43.6 Å². The molecule has 11 heteroatoms. The van der Waals surface area contributed by atoms with Crippen molar-refractivity contribution in [3.05, 3.63) is 76.7 Å². The van der Waals surface area contributed by atoms with Gasteiger partial charge >= 0.3 is 5.97 Å². The summed E-state index contributed by atoms with van der Waals surface area (Å²) in [5.41, 5.74) is 7.32. The van der Waals surface area contributed by atoms with Crippen molar-refractivity contribution < 1.29 is 19.1 Å². The van der Waals surface area contributed by atoms with Gasteiger partial charge in [-0.1, -0.05) is 59.6 Å². The van der Waals surface area contributed by atoms with Crippen LogP contribution < -0.4 is 20.9 Å². The molecule has 46 heavy (non-hydrogen) atoms. The van der Waals surface area contributed by atoms with Crippen molar-refractivity contribution in [1.82, 2.24) is 14.5 Å². The van der Waals surface area contributed by atoms with Gasteiger partial charge in [0.25, 0.3) is 11.5 Å². The predicted octanol–water partition coefficient (Wildman–Crippen LogP) is 6.60. The molecule has 0 unspecified atom stereocenters. The number of pyridine rings is 1. The van der Waals surface area contributed by atoms with Crippen molar-refractivity contribution in [2.45, 2.75) is 65.1 Å². The number of carbonyl (C=O) groups excluding carboxylic acids is 2. The molecule has 240 valence electrons. The number of esters is 1. The normalized spacial score (nSPS) is 11.4. The molecule has 1 amide bonds. The van der Waals surface area contributed by atoms with Crippen molar-refractivity contribution in [3.63, 3.8) is 0 Å². The second-order valence-corrected chi connectivity index (χ2v) is 17.6. The summed E-state index contributed by atoms with van der Waals surface area (Å²) in [5, 5.41) is 6.52. The summed E-state index contributed by atoms with van der Waals surface area (Å²) in [4.78, 5) is 46.4. The Morgan fingerprint density at radius 2 is 1.63 bits per heavy atom. The number of carbonyl (C=O) groups is 2. The first-order valence-electron chi connectivity index (χ1n) is 15.3. The maximum atomic E-state index is 13.8. The number of nitrogens with one attached hydrogen (secondary N) is 2. The molecular weight excluding hydrogens is 599 g/mol. The number of anilines is 3. The van der Waals surface area contributed by atoms with E-state index in [1.165, 1.54) is 11.5 Å². The topological polar surface area (TPSA) is 124 Å². The van der Waals surface area contributed by atoms with Crippen molar-refractivity contribution in [2.24, 2.45) is 0 Å².